The molecule has 0 aliphatic heterocycles. The molecule has 5 rings (SSSR count). The first-order chi connectivity index (χ1) is 17.2. The van der Waals surface area contributed by atoms with Gasteiger partial charge >= 0.3 is 5.97 Å². The number of aromatic nitrogens is 5. The maximum Gasteiger partial charge on any atom is 0.331 e. The fraction of sp³-hybridized carbons (Fsp3) is 0.0741. The monoisotopic (exact) mass is 463 g/mol. The summed E-state index contributed by atoms with van der Waals surface area (Å²) >= 11 is 0. The number of benzene rings is 2. The van der Waals surface area contributed by atoms with Crippen molar-refractivity contribution in [3.63, 3.8) is 0 Å². The SMILES string of the molecule is Cc1ccc(-c2nn(-c3ccccc3)cc2/C=C/C(=O)OCc2nc(-c3cccnc3)no2)cc1. The molecule has 2 aromatic carbocycles. The second-order valence-electron chi connectivity index (χ2n) is 7.77. The minimum Gasteiger partial charge on any atom is -0.452 e. The molecule has 0 saturated heterocycles. The molecule has 0 unspecified atom stereocenters. The molecule has 0 bridgehead atoms. The van der Waals surface area contributed by atoms with Crippen molar-refractivity contribution in [2.24, 2.45) is 0 Å². The van der Waals surface area contributed by atoms with Crippen LogP contribution in [0.25, 0.3) is 34.4 Å². The minimum atomic E-state index is -0.534. The smallest absolute Gasteiger partial charge is 0.331 e. The van der Waals surface area contributed by atoms with Crippen molar-refractivity contribution < 1.29 is 14.1 Å². The van der Waals surface area contributed by atoms with E-state index in [-0.39, 0.29) is 12.5 Å². The third-order valence-corrected chi connectivity index (χ3v) is 5.21. The van der Waals surface area contributed by atoms with Crippen LogP contribution in [0.1, 0.15) is 17.0 Å². The summed E-state index contributed by atoms with van der Waals surface area (Å²) in [5, 5.41) is 8.65. The molecule has 8 nitrogen and oxygen atoms in total. The Morgan fingerprint density at radius 3 is 2.63 bits per heavy atom. The number of rotatable bonds is 7. The van der Waals surface area contributed by atoms with E-state index in [0.717, 1.165) is 28.1 Å². The Balaban J connectivity index is 1.32. The van der Waals surface area contributed by atoms with Gasteiger partial charge < -0.3 is 9.26 Å². The lowest BCUT2D eigenvalue weighted by atomic mass is 10.1. The molecule has 8 heteroatoms. The van der Waals surface area contributed by atoms with Gasteiger partial charge in [0.1, 0.15) is 0 Å². The summed E-state index contributed by atoms with van der Waals surface area (Å²) < 4.78 is 12.2. The van der Waals surface area contributed by atoms with Crippen molar-refractivity contribution in [3.05, 3.63) is 108 Å². The van der Waals surface area contributed by atoms with Gasteiger partial charge in [0, 0.05) is 41.4 Å². The predicted molar refractivity (Wildman–Crippen MR) is 130 cm³/mol. The van der Waals surface area contributed by atoms with Gasteiger partial charge in [-0.2, -0.15) is 10.1 Å². The molecule has 0 aliphatic carbocycles. The molecule has 0 saturated carbocycles. The molecule has 3 aromatic heterocycles. The molecule has 5 aromatic rings. The Hall–Kier alpha value is -4.85. The fourth-order valence-electron chi connectivity index (χ4n) is 3.42. The van der Waals surface area contributed by atoms with Crippen molar-refractivity contribution >= 4 is 12.0 Å². The van der Waals surface area contributed by atoms with Crippen LogP contribution in [0.5, 0.6) is 0 Å². The zero-order valence-corrected chi connectivity index (χ0v) is 18.9. The van der Waals surface area contributed by atoms with E-state index in [9.17, 15) is 4.79 Å². The number of aryl methyl sites for hydroxylation is 1. The van der Waals surface area contributed by atoms with Crippen molar-refractivity contribution in [1.82, 2.24) is 24.9 Å². The standard InChI is InChI=1S/C27H21N5O3/c1-19-9-11-20(12-10-19)26-22(17-32(30-26)23-7-3-2-4-8-23)13-14-25(33)34-18-24-29-27(31-35-24)21-6-5-15-28-16-21/h2-17H,18H2,1H3/b14-13+. The van der Waals surface area contributed by atoms with Crippen LogP contribution in [0, 0.1) is 6.92 Å². The number of hydrogen-bond acceptors (Lipinski definition) is 7. The zero-order chi connectivity index (χ0) is 24.0. The molecule has 0 fully saturated rings. The Morgan fingerprint density at radius 2 is 1.86 bits per heavy atom. The third kappa shape index (κ3) is 5.22. The molecule has 0 atom stereocenters. The lowest BCUT2D eigenvalue weighted by Crippen LogP contribution is -2.01. The van der Waals surface area contributed by atoms with Crippen LogP contribution in [0.2, 0.25) is 0 Å². The quantitative estimate of drug-likeness (QED) is 0.246. The first kappa shape index (κ1) is 22.0. The minimum absolute atomic E-state index is 0.134. The highest BCUT2D eigenvalue weighted by Gasteiger charge is 2.13. The van der Waals surface area contributed by atoms with Gasteiger partial charge in [0.15, 0.2) is 6.61 Å². The summed E-state index contributed by atoms with van der Waals surface area (Å²) in [4.78, 5) is 20.7. The first-order valence-corrected chi connectivity index (χ1v) is 11.0. The normalized spacial score (nSPS) is 11.1. The average Bonchev–Trinajstić information content (AvgIpc) is 3.55. The van der Waals surface area contributed by atoms with E-state index >= 15 is 0 Å². The lowest BCUT2D eigenvalue weighted by molar-refractivity contribution is -0.139. The highest BCUT2D eigenvalue weighted by atomic mass is 16.6. The molecule has 0 radical (unpaired) electrons. The van der Waals surface area contributed by atoms with Crippen LogP contribution >= 0.6 is 0 Å². The number of carbonyl (C=O) groups excluding carboxylic acids is 1. The molecule has 35 heavy (non-hydrogen) atoms. The Bertz CT molecular complexity index is 1460. The summed E-state index contributed by atoms with van der Waals surface area (Å²) in [6, 6.07) is 21.5. The Labute approximate surface area is 201 Å². The van der Waals surface area contributed by atoms with E-state index in [1.165, 1.54) is 6.08 Å². The van der Waals surface area contributed by atoms with Crippen molar-refractivity contribution in [3.8, 4) is 28.3 Å². The Kier molecular flexibility index (Phi) is 6.25. The maximum absolute atomic E-state index is 12.4. The molecular weight excluding hydrogens is 442 g/mol. The number of hydrogen-bond donors (Lipinski definition) is 0. The maximum atomic E-state index is 12.4. The number of carbonyl (C=O) groups is 1. The van der Waals surface area contributed by atoms with Gasteiger partial charge in [-0.3, -0.25) is 4.98 Å². The largest absolute Gasteiger partial charge is 0.452 e. The van der Waals surface area contributed by atoms with Crippen LogP contribution in [-0.4, -0.2) is 30.9 Å². The van der Waals surface area contributed by atoms with Gasteiger partial charge in [0.25, 0.3) is 5.89 Å². The van der Waals surface area contributed by atoms with E-state index in [1.54, 1.807) is 29.2 Å². The third-order valence-electron chi connectivity index (χ3n) is 5.21. The summed E-state index contributed by atoms with van der Waals surface area (Å²) in [6.45, 7) is 1.90. The van der Waals surface area contributed by atoms with Crippen LogP contribution in [0.4, 0.5) is 0 Å². The highest BCUT2D eigenvalue weighted by Crippen LogP contribution is 2.25. The summed E-state index contributed by atoms with van der Waals surface area (Å²) in [5.74, 6) is 0.0482. The van der Waals surface area contributed by atoms with Crippen LogP contribution < -0.4 is 0 Å². The van der Waals surface area contributed by atoms with Crippen molar-refractivity contribution in [2.75, 3.05) is 0 Å². The number of para-hydroxylation sites is 1. The highest BCUT2D eigenvalue weighted by molar-refractivity contribution is 5.88. The second-order valence-corrected chi connectivity index (χ2v) is 7.77. The number of esters is 1. The summed E-state index contributed by atoms with van der Waals surface area (Å²) in [6.07, 6.45) is 8.23. The molecule has 0 spiro atoms. The van der Waals surface area contributed by atoms with Gasteiger partial charge in [0.2, 0.25) is 5.82 Å². The van der Waals surface area contributed by atoms with Crippen LogP contribution in [0.15, 0.2) is 95.9 Å². The van der Waals surface area contributed by atoms with Gasteiger partial charge in [-0.1, -0.05) is 53.2 Å². The zero-order valence-electron chi connectivity index (χ0n) is 18.9. The lowest BCUT2D eigenvalue weighted by Gasteiger charge is -2.01. The predicted octanol–water partition coefficient (Wildman–Crippen LogP) is 5.05. The van der Waals surface area contributed by atoms with E-state index in [2.05, 4.69) is 15.1 Å². The van der Waals surface area contributed by atoms with Gasteiger partial charge in [0.05, 0.1) is 11.4 Å². The number of ether oxygens (including phenoxy) is 1. The number of pyridine rings is 1. The molecular formula is C27H21N5O3. The van der Waals surface area contributed by atoms with E-state index < -0.39 is 5.97 Å². The van der Waals surface area contributed by atoms with Gasteiger partial charge in [-0.05, 0) is 37.3 Å². The van der Waals surface area contributed by atoms with Crippen molar-refractivity contribution in [2.45, 2.75) is 13.5 Å². The van der Waals surface area contributed by atoms with E-state index in [4.69, 9.17) is 14.4 Å². The second kappa shape index (κ2) is 9.96. The fourth-order valence-corrected chi connectivity index (χ4v) is 3.42. The molecule has 172 valence electrons. The van der Waals surface area contributed by atoms with Crippen molar-refractivity contribution in [1.29, 1.82) is 0 Å². The van der Waals surface area contributed by atoms with Crippen LogP contribution in [0.3, 0.4) is 0 Å². The van der Waals surface area contributed by atoms with E-state index in [1.807, 2.05) is 73.8 Å². The van der Waals surface area contributed by atoms with Crippen LogP contribution in [-0.2, 0) is 16.1 Å². The van der Waals surface area contributed by atoms with E-state index in [0.29, 0.717) is 11.4 Å². The molecule has 0 amide bonds. The Morgan fingerprint density at radius 1 is 1.03 bits per heavy atom. The molecule has 3 heterocycles. The number of nitrogens with zero attached hydrogens (tertiary/aromatic N) is 5. The van der Waals surface area contributed by atoms with Gasteiger partial charge in [-0.25, -0.2) is 9.48 Å². The molecule has 0 aliphatic rings. The van der Waals surface area contributed by atoms with Gasteiger partial charge in [-0.15, -0.1) is 0 Å². The summed E-state index contributed by atoms with van der Waals surface area (Å²) in [7, 11) is 0. The summed E-state index contributed by atoms with van der Waals surface area (Å²) in [5.41, 5.74) is 5.29. The molecule has 0 N–H and O–H groups in total. The average molecular weight is 463 g/mol. The first-order valence-electron chi connectivity index (χ1n) is 11.0. The topological polar surface area (TPSA) is 95.9 Å².